The summed E-state index contributed by atoms with van der Waals surface area (Å²) in [4.78, 5) is 21.3. The molecule has 0 aliphatic carbocycles. The second-order valence-corrected chi connectivity index (χ2v) is 18.2. The molecule has 228 valence electrons. The van der Waals surface area contributed by atoms with Crippen molar-refractivity contribution in [3.63, 3.8) is 0 Å². The van der Waals surface area contributed by atoms with E-state index in [0.29, 0.717) is 41.5 Å². The summed E-state index contributed by atoms with van der Waals surface area (Å²) in [6.07, 6.45) is 1.40. The van der Waals surface area contributed by atoms with Gasteiger partial charge in [0.05, 0.1) is 42.2 Å². The molecule has 0 spiro atoms. The number of alkyl halides is 2. The largest absolute Gasteiger partial charge is 0.390 e. The Bertz CT molecular complexity index is 1700. The third kappa shape index (κ3) is 5.45. The lowest BCUT2D eigenvalue weighted by Gasteiger charge is -2.28. The van der Waals surface area contributed by atoms with E-state index in [0.717, 1.165) is 11.6 Å². The standard InChI is InChI=1S/C30H35F3N6O3Si/c1-36-25(15-40)26-27(35-36)29(41)39(28(26)21-7-5-19(13-22(21)31)37-10-9-30(32,33)16-37)20-6-8-24-23(14-20)34-17-38(24)18-42-11-12-43(2,3)4/h5-8,13-14,17,28,40H,9-12,15-16,18H2,1-4H3. The zero-order valence-electron chi connectivity index (χ0n) is 24.6. The summed E-state index contributed by atoms with van der Waals surface area (Å²) >= 11 is 0. The summed E-state index contributed by atoms with van der Waals surface area (Å²) in [6.45, 7) is 7.15. The minimum atomic E-state index is -2.82. The van der Waals surface area contributed by atoms with Crippen molar-refractivity contribution >= 4 is 36.4 Å². The first-order valence-electron chi connectivity index (χ1n) is 14.3. The molecule has 4 aromatic rings. The highest BCUT2D eigenvalue weighted by Gasteiger charge is 2.45. The van der Waals surface area contributed by atoms with E-state index >= 15 is 4.39 Å². The number of hydrogen-bond donors (Lipinski definition) is 1. The van der Waals surface area contributed by atoms with Gasteiger partial charge in [0, 0.05) is 57.2 Å². The molecule has 1 N–H and O–H groups in total. The van der Waals surface area contributed by atoms with E-state index in [-0.39, 0.29) is 24.2 Å². The molecule has 9 nitrogen and oxygen atoms in total. The van der Waals surface area contributed by atoms with Gasteiger partial charge in [0.1, 0.15) is 12.5 Å². The van der Waals surface area contributed by atoms with Crippen LogP contribution in [0.5, 0.6) is 0 Å². The van der Waals surface area contributed by atoms with Crippen LogP contribution in [0.15, 0.2) is 42.7 Å². The number of hydrogen-bond acceptors (Lipinski definition) is 6. The molecule has 4 heterocycles. The molecular formula is C30H35F3N6O3Si. The highest BCUT2D eigenvalue weighted by atomic mass is 28.3. The van der Waals surface area contributed by atoms with Crippen LogP contribution in [0, 0.1) is 5.82 Å². The SMILES string of the molecule is Cn1nc2c(c1CO)C(c1ccc(N3CCC(F)(F)C3)cc1F)N(c1ccc3c(c1)ncn3COCC[Si](C)(C)C)C2=O. The molecule has 1 amide bonds. The number of imidazole rings is 1. The number of aryl methyl sites for hydroxylation is 1. The van der Waals surface area contributed by atoms with Crippen LogP contribution in [0.2, 0.25) is 25.7 Å². The number of ether oxygens (including phenoxy) is 1. The monoisotopic (exact) mass is 612 g/mol. The maximum absolute atomic E-state index is 15.9. The first kappa shape index (κ1) is 29.4. The van der Waals surface area contributed by atoms with E-state index in [1.807, 2.05) is 10.6 Å². The smallest absolute Gasteiger partial charge is 0.280 e. The van der Waals surface area contributed by atoms with Crippen LogP contribution in [-0.4, -0.2) is 64.0 Å². The number of aliphatic hydroxyl groups excluding tert-OH is 1. The molecule has 1 fully saturated rings. The van der Waals surface area contributed by atoms with Crippen LogP contribution in [0.3, 0.4) is 0 Å². The Morgan fingerprint density at radius 2 is 1.91 bits per heavy atom. The van der Waals surface area contributed by atoms with Crippen molar-refractivity contribution in [3.05, 3.63) is 71.1 Å². The molecule has 2 aromatic heterocycles. The highest BCUT2D eigenvalue weighted by molar-refractivity contribution is 6.76. The number of benzene rings is 2. The summed E-state index contributed by atoms with van der Waals surface area (Å²) in [6, 6.07) is 9.87. The Morgan fingerprint density at radius 1 is 1.14 bits per heavy atom. The molecule has 1 saturated heterocycles. The molecule has 1 unspecified atom stereocenters. The number of carbonyl (C=O) groups excluding carboxylic acids is 1. The summed E-state index contributed by atoms with van der Waals surface area (Å²) in [5, 5.41) is 14.5. The fourth-order valence-electron chi connectivity index (χ4n) is 5.87. The third-order valence-corrected chi connectivity index (χ3v) is 9.94. The van der Waals surface area contributed by atoms with Gasteiger partial charge in [0.25, 0.3) is 11.8 Å². The van der Waals surface area contributed by atoms with Crippen LogP contribution in [0.25, 0.3) is 11.0 Å². The average molecular weight is 613 g/mol. The maximum atomic E-state index is 15.9. The van der Waals surface area contributed by atoms with Crippen molar-refractivity contribution in [3.8, 4) is 0 Å². The van der Waals surface area contributed by atoms with E-state index < -0.39 is 44.9 Å². The van der Waals surface area contributed by atoms with E-state index in [1.165, 1.54) is 26.6 Å². The number of halogens is 3. The summed E-state index contributed by atoms with van der Waals surface area (Å²) in [7, 11) is 0.404. The fourth-order valence-corrected chi connectivity index (χ4v) is 6.62. The fraction of sp³-hybridized carbons (Fsp3) is 0.433. The van der Waals surface area contributed by atoms with Gasteiger partial charge < -0.3 is 19.3 Å². The zero-order valence-corrected chi connectivity index (χ0v) is 25.6. The number of anilines is 2. The zero-order chi connectivity index (χ0) is 30.7. The Hall–Kier alpha value is -3.68. The Labute approximate surface area is 248 Å². The molecule has 43 heavy (non-hydrogen) atoms. The van der Waals surface area contributed by atoms with Crippen molar-refractivity contribution in [1.82, 2.24) is 19.3 Å². The van der Waals surface area contributed by atoms with Gasteiger partial charge in [-0.3, -0.25) is 14.4 Å². The first-order chi connectivity index (χ1) is 20.4. The Kier molecular flexibility index (Phi) is 7.38. The topological polar surface area (TPSA) is 88.7 Å². The van der Waals surface area contributed by atoms with Crippen molar-refractivity contribution < 1.29 is 27.8 Å². The van der Waals surface area contributed by atoms with Gasteiger partial charge in [-0.1, -0.05) is 25.7 Å². The van der Waals surface area contributed by atoms with Crippen molar-refractivity contribution in [2.45, 2.75) is 57.4 Å². The predicted octanol–water partition coefficient (Wildman–Crippen LogP) is 5.31. The average Bonchev–Trinajstić information content (AvgIpc) is 3.67. The van der Waals surface area contributed by atoms with Crippen LogP contribution >= 0.6 is 0 Å². The van der Waals surface area contributed by atoms with E-state index in [1.54, 1.807) is 31.6 Å². The Balaban J connectivity index is 1.35. The number of rotatable bonds is 9. The number of carbonyl (C=O) groups is 1. The third-order valence-electron chi connectivity index (χ3n) is 8.23. The van der Waals surface area contributed by atoms with Gasteiger partial charge in [-0.05, 0) is 36.4 Å². The second-order valence-electron chi connectivity index (χ2n) is 12.5. The molecule has 2 aliphatic heterocycles. The van der Waals surface area contributed by atoms with Gasteiger partial charge in [-0.15, -0.1) is 0 Å². The quantitative estimate of drug-likeness (QED) is 0.204. The number of nitrogens with zero attached hydrogens (tertiary/aromatic N) is 6. The van der Waals surface area contributed by atoms with Crippen molar-refractivity contribution in [2.24, 2.45) is 7.05 Å². The minimum absolute atomic E-state index is 0.122. The lowest BCUT2D eigenvalue weighted by atomic mass is 9.97. The summed E-state index contributed by atoms with van der Waals surface area (Å²) < 4.78 is 52.8. The van der Waals surface area contributed by atoms with E-state index in [9.17, 15) is 18.7 Å². The molecule has 0 bridgehead atoms. The second kappa shape index (κ2) is 10.8. The van der Waals surface area contributed by atoms with Crippen LogP contribution in [-0.2, 0) is 25.1 Å². The van der Waals surface area contributed by atoms with Gasteiger partial charge in [0.15, 0.2) is 5.69 Å². The van der Waals surface area contributed by atoms with E-state index in [4.69, 9.17) is 4.74 Å². The van der Waals surface area contributed by atoms with Crippen molar-refractivity contribution in [2.75, 3.05) is 29.5 Å². The Morgan fingerprint density at radius 3 is 2.58 bits per heavy atom. The lowest BCUT2D eigenvalue weighted by Crippen LogP contribution is -2.30. The van der Waals surface area contributed by atoms with Gasteiger partial charge >= 0.3 is 0 Å². The van der Waals surface area contributed by atoms with Gasteiger partial charge in [-0.2, -0.15) is 5.10 Å². The normalized spacial score (nSPS) is 18.3. The molecule has 0 saturated carbocycles. The summed E-state index contributed by atoms with van der Waals surface area (Å²) in [5.74, 6) is -3.90. The van der Waals surface area contributed by atoms with Gasteiger partial charge in [0.2, 0.25) is 0 Å². The minimum Gasteiger partial charge on any atom is -0.390 e. The lowest BCUT2D eigenvalue weighted by molar-refractivity contribution is 0.0257. The predicted molar refractivity (Wildman–Crippen MR) is 160 cm³/mol. The molecule has 2 aliphatic rings. The molecular weight excluding hydrogens is 577 g/mol. The molecule has 2 aromatic carbocycles. The van der Waals surface area contributed by atoms with Crippen LogP contribution in [0.1, 0.15) is 39.8 Å². The van der Waals surface area contributed by atoms with E-state index in [2.05, 4.69) is 29.7 Å². The number of aromatic nitrogens is 4. The number of aliphatic hydroxyl groups is 1. The first-order valence-corrected chi connectivity index (χ1v) is 18.0. The van der Waals surface area contributed by atoms with Crippen LogP contribution in [0.4, 0.5) is 24.5 Å². The highest BCUT2D eigenvalue weighted by Crippen LogP contribution is 2.45. The van der Waals surface area contributed by atoms with Crippen molar-refractivity contribution in [1.29, 1.82) is 0 Å². The molecule has 6 rings (SSSR count). The van der Waals surface area contributed by atoms with Crippen LogP contribution < -0.4 is 9.80 Å². The molecule has 1 atom stereocenters. The number of fused-ring (bicyclic) bond motifs is 2. The molecule has 0 radical (unpaired) electrons. The maximum Gasteiger partial charge on any atom is 0.280 e. The van der Waals surface area contributed by atoms with Gasteiger partial charge in [-0.25, -0.2) is 18.2 Å². The summed E-state index contributed by atoms with van der Waals surface area (Å²) in [5.41, 5.74) is 3.39. The number of amides is 1. The molecule has 13 heteroatoms.